The van der Waals surface area contributed by atoms with Crippen molar-refractivity contribution < 1.29 is 9.84 Å². The van der Waals surface area contributed by atoms with Crippen LogP contribution in [0.15, 0.2) is 12.3 Å². The number of pyridine rings is 1. The maximum Gasteiger partial charge on any atom is 0.147 e. The molecule has 0 amide bonds. The SMILES string of the molecule is OCC1COCCN1c1ncc(Cl)cc1Cl. The normalized spacial score (nSPS) is 21.2. The first-order valence-electron chi connectivity index (χ1n) is 4.98. The highest BCUT2D eigenvalue weighted by Crippen LogP contribution is 2.28. The van der Waals surface area contributed by atoms with Gasteiger partial charge in [-0.15, -0.1) is 0 Å². The van der Waals surface area contributed by atoms with Gasteiger partial charge in [0.2, 0.25) is 0 Å². The van der Waals surface area contributed by atoms with E-state index in [0.29, 0.717) is 35.6 Å². The summed E-state index contributed by atoms with van der Waals surface area (Å²) in [5.41, 5.74) is 0. The summed E-state index contributed by atoms with van der Waals surface area (Å²) in [6, 6.07) is 1.55. The summed E-state index contributed by atoms with van der Waals surface area (Å²) >= 11 is 11.9. The monoisotopic (exact) mass is 262 g/mol. The third-order valence-electron chi connectivity index (χ3n) is 2.50. The van der Waals surface area contributed by atoms with Crippen molar-refractivity contribution in [1.29, 1.82) is 0 Å². The van der Waals surface area contributed by atoms with Gasteiger partial charge in [-0.25, -0.2) is 4.98 Å². The van der Waals surface area contributed by atoms with Crippen molar-refractivity contribution in [3.63, 3.8) is 0 Å². The minimum atomic E-state index is -0.0973. The van der Waals surface area contributed by atoms with Crippen LogP contribution in [0.25, 0.3) is 0 Å². The second-order valence-electron chi connectivity index (χ2n) is 3.56. The van der Waals surface area contributed by atoms with Gasteiger partial charge < -0.3 is 14.7 Å². The van der Waals surface area contributed by atoms with Crippen LogP contribution in [-0.2, 0) is 4.74 Å². The lowest BCUT2D eigenvalue weighted by Crippen LogP contribution is -2.48. The molecule has 1 unspecified atom stereocenters. The van der Waals surface area contributed by atoms with Crippen molar-refractivity contribution in [3.8, 4) is 0 Å². The number of aliphatic hydroxyl groups excluding tert-OH is 1. The predicted octanol–water partition coefficient (Wildman–Crippen LogP) is 1.59. The van der Waals surface area contributed by atoms with Crippen molar-refractivity contribution in [2.45, 2.75) is 6.04 Å². The fraction of sp³-hybridized carbons (Fsp3) is 0.500. The molecule has 0 saturated carbocycles. The van der Waals surface area contributed by atoms with E-state index in [4.69, 9.17) is 27.9 Å². The first-order chi connectivity index (χ1) is 7.72. The van der Waals surface area contributed by atoms with Crippen LogP contribution >= 0.6 is 23.2 Å². The Labute approximate surface area is 104 Å². The zero-order chi connectivity index (χ0) is 11.5. The van der Waals surface area contributed by atoms with E-state index in [1.165, 1.54) is 0 Å². The number of morpholine rings is 1. The molecule has 6 heteroatoms. The molecule has 0 aromatic carbocycles. The standard InChI is InChI=1S/C10H12Cl2N2O2/c11-7-3-9(12)10(13-4-7)14-1-2-16-6-8(14)5-15/h3-4,8,15H,1-2,5-6H2. The molecule has 2 rings (SSSR count). The van der Waals surface area contributed by atoms with Gasteiger partial charge in [0, 0.05) is 12.7 Å². The van der Waals surface area contributed by atoms with E-state index in [9.17, 15) is 5.11 Å². The molecule has 4 nitrogen and oxygen atoms in total. The number of aromatic nitrogens is 1. The summed E-state index contributed by atoms with van der Waals surface area (Å²) in [6.45, 7) is 1.77. The number of aliphatic hydroxyl groups is 1. The Morgan fingerprint density at radius 3 is 3.06 bits per heavy atom. The Balaban J connectivity index is 2.27. The van der Waals surface area contributed by atoms with E-state index in [-0.39, 0.29) is 12.6 Å². The maximum absolute atomic E-state index is 9.25. The first-order valence-corrected chi connectivity index (χ1v) is 5.74. The van der Waals surface area contributed by atoms with Gasteiger partial charge in [-0.2, -0.15) is 0 Å². The Morgan fingerprint density at radius 2 is 2.38 bits per heavy atom. The summed E-state index contributed by atoms with van der Waals surface area (Å²) in [6.07, 6.45) is 1.55. The Morgan fingerprint density at radius 1 is 1.56 bits per heavy atom. The molecule has 1 saturated heterocycles. The Hall–Kier alpha value is -0.550. The lowest BCUT2D eigenvalue weighted by Gasteiger charge is -2.35. The highest BCUT2D eigenvalue weighted by Gasteiger charge is 2.25. The third-order valence-corrected chi connectivity index (χ3v) is 2.98. The molecule has 0 spiro atoms. The van der Waals surface area contributed by atoms with Crippen LogP contribution < -0.4 is 4.90 Å². The molecule has 1 fully saturated rings. The van der Waals surface area contributed by atoms with Crippen LogP contribution in [0, 0.1) is 0 Å². The molecule has 1 aliphatic rings. The van der Waals surface area contributed by atoms with Crippen LogP contribution in [0.4, 0.5) is 5.82 Å². The molecule has 1 N–H and O–H groups in total. The van der Waals surface area contributed by atoms with E-state index in [0.717, 1.165) is 0 Å². The third kappa shape index (κ3) is 2.40. The van der Waals surface area contributed by atoms with Crippen molar-refractivity contribution in [3.05, 3.63) is 22.3 Å². The van der Waals surface area contributed by atoms with Crippen LogP contribution in [0.1, 0.15) is 0 Å². The zero-order valence-electron chi connectivity index (χ0n) is 8.57. The molecule has 0 bridgehead atoms. The molecule has 1 atom stereocenters. The zero-order valence-corrected chi connectivity index (χ0v) is 10.1. The summed E-state index contributed by atoms with van der Waals surface area (Å²) in [5.74, 6) is 0.647. The van der Waals surface area contributed by atoms with E-state index in [1.807, 2.05) is 4.90 Å². The average Bonchev–Trinajstić information content (AvgIpc) is 2.29. The largest absolute Gasteiger partial charge is 0.394 e. The molecule has 0 aliphatic carbocycles. The quantitative estimate of drug-likeness (QED) is 0.880. The highest BCUT2D eigenvalue weighted by atomic mass is 35.5. The molecular formula is C10H12Cl2N2O2. The van der Waals surface area contributed by atoms with E-state index in [1.54, 1.807) is 12.3 Å². The first kappa shape index (κ1) is 11.9. The molecule has 1 aromatic heterocycles. The fourth-order valence-corrected chi connectivity index (χ4v) is 2.19. The summed E-state index contributed by atoms with van der Waals surface area (Å²) < 4.78 is 5.29. The van der Waals surface area contributed by atoms with E-state index < -0.39 is 0 Å². The number of halogens is 2. The molecule has 1 aliphatic heterocycles. The van der Waals surface area contributed by atoms with Gasteiger partial charge in [-0.3, -0.25) is 0 Å². The van der Waals surface area contributed by atoms with Crippen molar-refractivity contribution in [2.24, 2.45) is 0 Å². The number of rotatable bonds is 2. The molecule has 1 aromatic rings. The van der Waals surface area contributed by atoms with Crippen LogP contribution in [0.3, 0.4) is 0 Å². The smallest absolute Gasteiger partial charge is 0.147 e. The minimum absolute atomic E-state index is 0.0145. The van der Waals surface area contributed by atoms with Gasteiger partial charge >= 0.3 is 0 Å². The Kier molecular flexibility index (Phi) is 3.86. The van der Waals surface area contributed by atoms with Crippen LogP contribution in [0.5, 0.6) is 0 Å². The highest BCUT2D eigenvalue weighted by molar-refractivity contribution is 6.36. The fourth-order valence-electron chi connectivity index (χ4n) is 1.70. The predicted molar refractivity (Wildman–Crippen MR) is 63.3 cm³/mol. The second-order valence-corrected chi connectivity index (χ2v) is 4.41. The topological polar surface area (TPSA) is 45.6 Å². The van der Waals surface area contributed by atoms with Crippen LogP contribution in [0.2, 0.25) is 10.0 Å². The number of ether oxygens (including phenoxy) is 1. The van der Waals surface area contributed by atoms with E-state index in [2.05, 4.69) is 4.98 Å². The average molecular weight is 263 g/mol. The van der Waals surface area contributed by atoms with Crippen molar-refractivity contribution in [1.82, 2.24) is 4.98 Å². The van der Waals surface area contributed by atoms with Gasteiger partial charge in [0.1, 0.15) is 5.82 Å². The van der Waals surface area contributed by atoms with Crippen molar-refractivity contribution in [2.75, 3.05) is 31.3 Å². The number of hydrogen-bond donors (Lipinski definition) is 1. The van der Waals surface area contributed by atoms with Crippen molar-refractivity contribution >= 4 is 29.0 Å². The molecule has 88 valence electrons. The molecular weight excluding hydrogens is 251 g/mol. The lowest BCUT2D eigenvalue weighted by molar-refractivity contribution is 0.0723. The Bertz CT molecular complexity index is 376. The number of nitrogens with zero attached hydrogens (tertiary/aromatic N) is 2. The number of hydrogen-bond acceptors (Lipinski definition) is 4. The summed E-state index contributed by atoms with van der Waals surface area (Å²) in [4.78, 5) is 6.14. The van der Waals surface area contributed by atoms with Gasteiger partial charge in [-0.1, -0.05) is 23.2 Å². The summed E-state index contributed by atoms with van der Waals surface area (Å²) in [5, 5.41) is 10.2. The molecule has 0 radical (unpaired) electrons. The van der Waals surface area contributed by atoms with E-state index >= 15 is 0 Å². The summed E-state index contributed by atoms with van der Waals surface area (Å²) in [7, 11) is 0. The maximum atomic E-state index is 9.25. The van der Waals surface area contributed by atoms with Crippen LogP contribution in [-0.4, -0.2) is 42.5 Å². The van der Waals surface area contributed by atoms with Gasteiger partial charge in [0.25, 0.3) is 0 Å². The van der Waals surface area contributed by atoms with Gasteiger partial charge in [0.15, 0.2) is 0 Å². The number of anilines is 1. The van der Waals surface area contributed by atoms with Gasteiger partial charge in [0.05, 0.1) is 35.9 Å². The lowest BCUT2D eigenvalue weighted by atomic mass is 10.2. The second kappa shape index (κ2) is 5.19. The minimum Gasteiger partial charge on any atom is -0.394 e. The molecule has 2 heterocycles. The molecule has 16 heavy (non-hydrogen) atoms. The van der Waals surface area contributed by atoms with Gasteiger partial charge in [-0.05, 0) is 6.07 Å².